The summed E-state index contributed by atoms with van der Waals surface area (Å²) in [5.74, 6) is 1.01. The maximum atomic E-state index is 5.26. The van der Waals surface area contributed by atoms with E-state index >= 15 is 0 Å². The molecule has 1 heteroatoms. The largest absolute Gasteiger partial charge is 0.496 e. The summed E-state index contributed by atoms with van der Waals surface area (Å²) < 4.78 is 5.26. The summed E-state index contributed by atoms with van der Waals surface area (Å²) >= 11 is 0. The molecule has 1 radical (unpaired) electrons. The van der Waals surface area contributed by atoms with E-state index in [-0.39, 0.29) is 0 Å². The normalized spacial score (nSPS) is 10.0. The molecule has 1 aromatic carbocycles. The third-order valence-electron chi connectivity index (χ3n) is 2.14. The van der Waals surface area contributed by atoms with Crippen LogP contribution in [0, 0.1) is 6.92 Å². The molecule has 0 heterocycles. The molecular weight excluding hydrogens is 160 g/mol. The Morgan fingerprint density at radius 2 is 2.00 bits per heavy atom. The number of aryl methyl sites for hydroxylation is 1. The second kappa shape index (κ2) is 5.63. The molecule has 0 aromatic heterocycles. The second-order valence-electron chi connectivity index (χ2n) is 3.12. The Morgan fingerprint density at radius 1 is 1.23 bits per heavy atom. The van der Waals surface area contributed by atoms with Crippen LogP contribution in [0.4, 0.5) is 0 Å². The molecule has 0 unspecified atom stereocenters. The van der Waals surface area contributed by atoms with Crippen LogP contribution in [-0.4, -0.2) is 7.11 Å². The molecule has 1 rings (SSSR count). The SMILES string of the molecule is [CH2]CCCCc1ccccc1OC. The van der Waals surface area contributed by atoms with E-state index in [1.165, 1.54) is 18.4 Å². The number of methoxy groups -OCH3 is 1. The number of hydrogen-bond acceptors (Lipinski definition) is 1. The molecule has 0 aliphatic rings. The first-order valence-corrected chi connectivity index (χ1v) is 4.79. The van der Waals surface area contributed by atoms with Gasteiger partial charge in [0.05, 0.1) is 7.11 Å². The van der Waals surface area contributed by atoms with E-state index in [0.29, 0.717) is 0 Å². The van der Waals surface area contributed by atoms with Crippen molar-refractivity contribution in [2.24, 2.45) is 0 Å². The topological polar surface area (TPSA) is 9.23 Å². The van der Waals surface area contributed by atoms with Gasteiger partial charge in [-0.15, -0.1) is 0 Å². The Labute approximate surface area is 80.7 Å². The van der Waals surface area contributed by atoms with Crippen molar-refractivity contribution in [1.82, 2.24) is 0 Å². The van der Waals surface area contributed by atoms with Crippen molar-refractivity contribution in [1.29, 1.82) is 0 Å². The van der Waals surface area contributed by atoms with E-state index in [4.69, 9.17) is 4.74 Å². The van der Waals surface area contributed by atoms with E-state index in [1.807, 2.05) is 12.1 Å². The van der Waals surface area contributed by atoms with Gasteiger partial charge < -0.3 is 4.74 Å². The van der Waals surface area contributed by atoms with Crippen molar-refractivity contribution < 1.29 is 4.74 Å². The fraction of sp³-hybridized carbons (Fsp3) is 0.417. The lowest BCUT2D eigenvalue weighted by Crippen LogP contribution is -1.91. The van der Waals surface area contributed by atoms with Crippen LogP contribution in [0.1, 0.15) is 24.8 Å². The highest BCUT2D eigenvalue weighted by Crippen LogP contribution is 2.19. The maximum absolute atomic E-state index is 5.26. The van der Waals surface area contributed by atoms with Gasteiger partial charge in [0.15, 0.2) is 0 Å². The monoisotopic (exact) mass is 177 g/mol. The molecule has 1 aromatic rings. The molecule has 0 N–H and O–H groups in total. The minimum Gasteiger partial charge on any atom is -0.496 e. The summed E-state index contributed by atoms with van der Waals surface area (Å²) in [6.07, 6.45) is 4.51. The van der Waals surface area contributed by atoms with Gasteiger partial charge in [0.1, 0.15) is 5.75 Å². The van der Waals surface area contributed by atoms with Crippen LogP contribution in [-0.2, 0) is 6.42 Å². The summed E-state index contributed by atoms with van der Waals surface area (Å²) in [6, 6.07) is 8.20. The van der Waals surface area contributed by atoms with Gasteiger partial charge in [0, 0.05) is 0 Å². The van der Waals surface area contributed by atoms with Gasteiger partial charge in [-0.05, 0) is 24.5 Å². The third kappa shape index (κ3) is 3.10. The van der Waals surface area contributed by atoms with Gasteiger partial charge in [0.25, 0.3) is 0 Å². The highest BCUT2D eigenvalue weighted by Gasteiger charge is 1.99. The van der Waals surface area contributed by atoms with Crippen molar-refractivity contribution in [3.8, 4) is 5.75 Å². The van der Waals surface area contributed by atoms with Crippen LogP contribution in [0.25, 0.3) is 0 Å². The minimum absolute atomic E-state index is 1.01. The highest BCUT2D eigenvalue weighted by atomic mass is 16.5. The van der Waals surface area contributed by atoms with E-state index in [9.17, 15) is 0 Å². The number of rotatable bonds is 5. The molecule has 0 amide bonds. The molecule has 0 spiro atoms. The number of para-hydroxylation sites is 1. The van der Waals surface area contributed by atoms with E-state index in [0.717, 1.165) is 18.6 Å². The second-order valence-corrected chi connectivity index (χ2v) is 3.12. The van der Waals surface area contributed by atoms with Gasteiger partial charge in [-0.25, -0.2) is 0 Å². The molecule has 0 saturated heterocycles. The molecule has 0 saturated carbocycles. The smallest absolute Gasteiger partial charge is 0.122 e. The maximum Gasteiger partial charge on any atom is 0.122 e. The van der Waals surface area contributed by atoms with E-state index in [1.54, 1.807) is 7.11 Å². The zero-order chi connectivity index (χ0) is 9.52. The summed E-state index contributed by atoms with van der Waals surface area (Å²) in [7, 11) is 1.72. The van der Waals surface area contributed by atoms with Crippen LogP contribution in [0.3, 0.4) is 0 Å². The Bertz CT molecular complexity index is 243. The van der Waals surface area contributed by atoms with Gasteiger partial charge >= 0.3 is 0 Å². The summed E-state index contributed by atoms with van der Waals surface area (Å²) in [5, 5.41) is 0. The van der Waals surface area contributed by atoms with Crippen LogP contribution < -0.4 is 4.74 Å². The summed E-state index contributed by atoms with van der Waals surface area (Å²) in [4.78, 5) is 0. The Hall–Kier alpha value is -0.980. The molecule has 13 heavy (non-hydrogen) atoms. The van der Waals surface area contributed by atoms with Crippen molar-refractivity contribution >= 4 is 0 Å². The first kappa shape index (κ1) is 10.1. The third-order valence-corrected chi connectivity index (χ3v) is 2.14. The van der Waals surface area contributed by atoms with Crippen LogP contribution in [0.15, 0.2) is 24.3 Å². The highest BCUT2D eigenvalue weighted by molar-refractivity contribution is 5.33. The molecule has 71 valence electrons. The van der Waals surface area contributed by atoms with Crippen molar-refractivity contribution in [2.75, 3.05) is 7.11 Å². The lowest BCUT2D eigenvalue weighted by molar-refractivity contribution is 0.409. The van der Waals surface area contributed by atoms with Crippen LogP contribution >= 0.6 is 0 Å². The summed E-state index contributed by atoms with van der Waals surface area (Å²) in [5.41, 5.74) is 1.30. The van der Waals surface area contributed by atoms with E-state index < -0.39 is 0 Å². The molecule has 0 aliphatic heterocycles. The lowest BCUT2D eigenvalue weighted by atomic mass is 10.1. The average molecular weight is 177 g/mol. The van der Waals surface area contributed by atoms with Gasteiger partial charge in [-0.3, -0.25) is 0 Å². The fourth-order valence-corrected chi connectivity index (χ4v) is 1.40. The lowest BCUT2D eigenvalue weighted by Gasteiger charge is -2.06. The van der Waals surface area contributed by atoms with Crippen LogP contribution in [0.5, 0.6) is 5.75 Å². The first-order valence-electron chi connectivity index (χ1n) is 4.79. The predicted octanol–water partition coefficient (Wildman–Crippen LogP) is 3.24. The predicted molar refractivity (Wildman–Crippen MR) is 55.9 cm³/mol. The zero-order valence-electron chi connectivity index (χ0n) is 8.25. The van der Waals surface area contributed by atoms with Crippen molar-refractivity contribution in [3.05, 3.63) is 36.8 Å². The van der Waals surface area contributed by atoms with Gasteiger partial charge in [0.2, 0.25) is 0 Å². The molecule has 0 aliphatic carbocycles. The summed E-state index contributed by atoms with van der Waals surface area (Å²) in [6.45, 7) is 3.83. The standard InChI is InChI=1S/C12H17O/c1-3-4-5-8-11-9-6-7-10-12(11)13-2/h6-7,9-10H,1,3-5,8H2,2H3. The first-order chi connectivity index (χ1) is 6.38. The molecule has 0 bridgehead atoms. The Kier molecular flexibility index (Phi) is 4.37. The quantitative estimate of drug-likeness (QED) is 0.627. The fourth-order valence-electron chi connectivity index (χ4n) is 1.40. The van der Waals surface area contributed by atoms with Gasteiger partial charge in [-0.2, -0.15) is 0 Å². The van der Waals surface area contributed by atoms with Crippen LogP contribution in [0.2, 0.25) is 0 Å². The number of benzene rings is 1. The molecular formula is C12H17O. The molecule has 1 nitrogen and oxygen atoms in total. The number of unbranched alkanes of at least 4 members (excludes halogenated alkanes) is 2. The molecule has 0 atom stereocenters. The Balaban J connectivity index is 2.54. The molecule has 0 fully saturated rings. The van der Waals surface area contributed by atoms with Gasteiger partial charge in [-0.1, -0.05) is 38.0 Å². The van der Waals surface area contributed by atoms with Crippen molar-refractivity contribution in [2.45, 2.75) is 25.7 Å². The minimum atomic E-state index is 1.01. The zero-order valence-corrected chi connectivity index (χ0v) is 8.25. The number of hydrogen-bond donors (Lipinski definition) is 0. The average Bonchev–Trinajstić information content (AvgIpc) is 2.19. The Morgan fingerprint density at radius 3 is 2.69 bits per heavy atom. The number of ether oxygens (including phenoxy) is 1. The van der Waals surface area contributed by atoms with E-state index in [2.05, 4.69) is 19.1 Å². The van der Waals surface area contributed by atoms with Crippen molar-refractivity contribution in [3.63, 3.8) is 0 Å².